The van der Waals surface area contributed by atoms with E-state index in [0.717, 1.165) is 66.9 Å². The molecule has 1 aliphatic heterocycles. The van der Waals surface area contributed by atoms with Crippen molar-refractivity contribution in [2.24, 2.45) is 5.41 Å². The first-order valence-corrected chi connectivity index (χ1v) is 19.3. The minimum absolute atomic E-state index is 0.0835. The molecule has 3 N–H and O–H groups in total. The van der Waals surface area contributed by atoms with Crippen LogP contribution in [0.3, 0.4) is 0 Å². The summed E-state index contributed by atoms with van der Waals surface area (Å²) in [6, 6.07) is 21.4. The second-order valence-electron chi connectivity index (χ2n) is 14.4. The predicted octanol–water partition coefficient (Wildman–Crippen LogP) is 9.16. The van der Waals surface area contributed by atoms with Crippen LogP contribution in [0.1, 0.15) is 61.0 Å². The molecule has 1 atom stereocenters. The van der Waals surface area contributed by atoms with Gasteiger partial charge >= 0.3 is 0 Å². The molecule has 1 amide bonds. The number of H-pyrrole nitrogens is 1. The SMILES string of the molecule is CNc1ccc(S(=O)NC(=O)c2ccc(C3=CCN(CC4=C(c5ccc(Cl)cc5)CC(C)(C)CC4)CC3)cc2Oc2cnc3[nH]ccc3c2)cc1[N+](=O)[O-]. The number of nitrogens with one attached hydrogen (secondary N) is 3. The third-order valence-corrected chi connectivity index (χ3v) is 11.4. The molecule has 0 bridgehead atoms. The Morgan fingerprint density at radius 2 is 1.87 bits per heavy atom. The molecule has 7 rings (SSSR count). The highest BCUT2D eigenvalue weighted by atomic mass is 35.5. The van der Waals surface area contributed by atoms with Crippen molar-refractivity contribution in [2.45, 2.75) is 44.4 Å². The first kappa shape index (κ1) is 37.0. The quantitative estimate of drug-likeness (QED) is 0.0893. The number of pyridine rings is 1. The van der Waals surface area contributed by atoms with E-state index in [1.54, 1.807) is 25.5 Å². The molecule has 278 valence electrons. The Kier molecular flexibility index (Phi) is 10.7. The maximum absolute atomic E-state index is 13.7. The van der Waals surface area contributed by atoms with E-state index < -0.39 is 21.8 Å². The van der Waals surface area contributed by atoms with Crippen molar-refractivity contribution < 1.29 is 18.7 Å². The molecule has 5 aromatic rings. The van der Waals surface area contributed by atoms with Crippen molar-refractivity contribution >= 4 is 62.0 Å². The van der Waals surface area contributed by atoms with Crippen molar-refractivity contribution in [1.82, 2.24) is 19.6 Å². The fraction of sp³-hybridized carbons (Fsp3) is 0.268. The van der Waals surface area contributed by atoms with Crippen molar-refractivity contribution in [2.75, 3.05) is 32.0 Å². The van der Waals surface area contributed by atoms with Gasteiger partial charge in [-0.15, -0.1) is 0 Å². The molecule has 2 aromatic heterocycles. The molecule has 3 aromatic carbocycles. The molecule has 11 nitrogen and oxygen atoms in total. The van der Waals surface area contributed by atoms with E-state index in [4.69, 9.17) is 16.3 Å². The topological polar surface area (TPSA) is 142 Å². The van der Waals surface area contributed by atoms with E-state index in [1.165, 1.54) is 34.9 Å². The highest BCUT2D eigenvalue weighted by Gasteiger charge is 2.29. The number of hydrogen-bond acceptors (Lipinski definition) is 8. The summed E-state index contributed by atoms with van der Waals surface area (Å²) in [7, 11) is -0.528. The van der Waals surface area contributed by atoms with E-state index in [9.17, 15) is 19.1 Å². The number of halogens is 1. The maximum atomic E-state index is 13.7. The Bertz CT molecular complexity index is 2330. The number of anilines is 1. The second kappa shape index (κ2) is 15.6. The summed E-state index contributed by atoms with van der Waals surface area (Å²) in [6.45, 7) is 7.23. The zero-order valence-corrected chi connectivity index (χ0v) is 31.9. The van der Waals surface area contributed by atoms with Crippen LogP contribution in [0.25, 0.3) is 22.2 Å². The molecule has 1 aliphatic carbocycles. The van der Waals surface area contributed by atoms with Gasteiger partial charge in [0, 0.05) is 49.4 Å². The van der Waals surface area contributed by atoms with E-state index in [-0.39, 0.29) is 33.0 Å². The number of ether oxygens (including phenoxy) is 1. The van der Waals surface area contributed by atoms with Crippen LogP contribution in [-0.2, 0) is 11.0 Å². The fourth-order valence-electron chi connectivity index (χ4n) is 7.13. The number of nitrogens with zero attached hydrogens (tertiary/aromatic N) is 3. The third kappa shape index (κ3) is 8.25. The van der Waals surface area contributed by atoms with Crippen LogP contribution in [0.5, 0.6) is 11.5 Å². The second-order valence-corrected chi connectivity index (χ2v) is 16.1. The summed E-state index contributed by atoms with van der Waals surface area (Å²) in [5, 5.41) is 15.9. The Labute approximate surface area is 321 Å². The number of aromatic amines is 1. The number of nitro benzene ring substituents is 1. The number of amides is 1. The number of allylic oxidation sites excluding steroid dienone is 1. The first-order chi connectivity index (χ1) is 26.0. The van der Waals surface area contributed by atoms with Crippen molar-refractivity contribution in [3.8, 4) is 11.5 Å². The van der Waals surface area contributed by atoms with Gasteiger partial charge in [-0.1, -0.05) is 55.3 Å². The van der Waals surface area contributed by atoms with Crippen molar-refractivity contribution in [3.05, 3.63) is 129 Å². The summed E-state index contributed by atoms with van der Waals surface area (Å²) in [5.74, 6) is 0.0353. The molecule has 54 heavy (non-hydrogen) atoms. The number of carbonyl (C=O) groups excluding carboxylic acids is 1. The van der Waals surface area contributed by atoms with Gasteiger partial charge in [-0.3, -0.25) is 24.5 Å². The molecule has 1 unspecified atom stereocenters. The smallest absolute Gasteiger partial charge is 0.293 e. The van der Waals surface area contributed by atoms with Gasteiger partial charge in [0.1, 0.15) is 22.8 Å². The average Bonchev–Trinajstić information content (AvgIpc) is 3.64. The minimum Gasteiger partial charge on any atom is -0.455 e. The van der Waals surface area contributed by atoms with Gasteiger partial charge in [-0.25, -0.2) is 9.19 Å². The van der Waals surface area contributed by atoms with Crippen LogP contribution in [0.2, 0.25) is 5.02 Å². The van der Waals surface area contributed by atoms with Gasteiger partial charge in [-0.2, -0.15) is 0 Å². The lowest BCUT2D eigenvalue weighted by molar-refractivity contribution is -0.384. The lowest BCUT2D eigenvalue weighted by Crippen LogP contribution is -2.32. The molecular formula is C41H41ClN6O5S. The van der Waals surface area contributed by atoms with Gasteiger partial charge in [0.2, 0.25) is 0 Å². The van der Waals surface area contributed by atoms with Gasteiger partial charge in [0.05, 0.1) is 21.6 Å². The van der Waals surface area contributed by atoms with E-state index in [2.05, 4.69) is 57.0 Å². The van der Waals surface area contributed by atoms with E-state index in [0.29, 0.717) is 11.4 Å². The lowest BCUT2D eigenvalue weighted by atomic mass is 9.72. The molecule has 0 saturated carbocycles. The number of carbonyl (C=O) groups is 1. The van der Waals surface area contributed by atoms with E-state index in [1.807, 2.05) is 36.4 Å². The van der Waals surface area contributed by atoms with Crippen LogP contribution in [0.15, 0.2) is 102 Å². The van der Waals surface area contributed by atoms with Crippen molar-refractivity contribution in [1.29, 1.82) is 0 Å². The molecule has 0 spiro atoms. The molecule has 13 heteroatoms. The van der Waals surface area contributed by atoms with Crippen LogP contribution >= 0.6 is 11.6 Å². The van der Waals surface area contributed by atoms with E-state index >= 15 is 0 Å². The summed E-state index contributed by atoms with van der Waals surface area (Å²) in [6.07, 6.45) is 9.65. The first-order valence-electron chi connectivity index (χ1n) is 17.8. The van der Waals surface area contributed by atoms with Crippen molar-refractivity contribution in [3.63, 3.8) is 0 Å². The highest BCUT2D eigenvalue weighted by Crippen LogP contribution is 2.43. The standard InChI is InChI=1S/C41H41ClN6O5S/c1-41(2)16-12-30(35(23-41)27-4-7-31(42)8-5-27)25-47-18-14-26(15-19-47)28-6-10-34(38(21-28)53-32-20-29-13-17-44-39(29)45-24-32)40(49)46-54(52)33-9-11-36(43-3)37(22-33)48(50)51/h4-11,13-14,17,20-22,24,43H,12,15-16,18-19,23,25H2,1-3H3,(H,44,45)(H,46,49). The van der Waals surface area contributed by atoms with Gasteiger partial charge in [-0.05, 0) is 102 Å². The maximum Gasteiger partial charge on any atom is 0.293 e. The van der Waals surface area contributed by atoms with Gasteiger partial charge < -0.3 is 15.0 Å². The lowest BCUT2D eigenvalue weighted by Gasteiger charge is -2.36. The zero-order chi connectivity index (χ0) is 38.0. The van der Waals surface area contributed by atoms with Crippen LogP contribution in [0.4, 0.5) is 11.4 Å². The molecule has 2 aliphatic rings. The van der Waals surface area contributed by atoms with Crippen LogP contribution in [-0.4, -0.2) is 56.6 Å². The van der Waals surface area contributed by atoms with Crippen LogP contribution in [0, 0.1) is 15.5 Å². The number of rotatable bonds is 11. The Hall–Kier alpha value is -5.30. The fourth-order valence-corrected chi connectivity index (χ4v) is 8.07. The van der Waals surface area contributed by atoms with Gasteiger partial charge in [0.15, 0.2) is 11.0 Å². The van der Waals surface area contributed by atoms with Gasteiger partial charge in [0.25, 0.3) is 11.6 Å². The largest absolute Gasteiger partial charge is 0.455 e. The molecule has 0 radical (unpaired) electrons. The number of hydrogen-bond donors (Lipinski definition) is 3. The highest BCUT2D eigenvalue weighted by molar-refractivity contribution is 7.83. The Balaban J connectivity index is 1.13. The Morgan fingerprint density at radius 3 is 2.61 bits per heavy atom. The summed E-state index contributed by atoms with van der Waals surface area (Å²) in [5.41, 5.74) is 7.32. The minimum atomic E-state index is -2.09. The monoisotopic (exact) mass is 764 g/mol. The molecule has 0 fully saturated rings. The summed E-state index contributed by atoms with van der Waals surface area (Å²) < 4.78 is 22.1. The normalized spacial score (nSPS) is 16.5. The summed E-state index contributed by atoms with van der Waals surface area (Å²) >= 11 is 6.22. The molecule has 0 saturated heterocycles. The average molecular weight is 765 g/mol. The number of aromatic nitrogens is 2. The zero-order valence-electron chi connectivity index (χ0n) is 30.3. The molecular weight excluding hydrogens is 724 g/mol. The summed E-state index contributed by atoms with van der Waals surface area (Å²) in [4.78, 5) is 34.7. The number of nitro groups is 1. The predicted molar refractivity (Wildman–Crippen MR) is 214 cm³/mol. The number of fused-ring (bicyclic) bond motifs is 1. The third-order valence-electron chi connectivity index (χ3n) is 10.1. The molecule has 3 heterocycles. The van der Waals surface area contributed by atoms with Crippen LogP contribution < -0.4 is 14.8 Å². The Morgan fingerprint density at radius 1 is 1.07 bits per heavy atom. The number of benzene rings is 3.